The summed E-state index contributed by atoms with van der Waals surface area (Å²) in [5.74, 6) is 1.40. The second-order valence-electron chi connectivity index (χ2n) is 6.52. The van der Waals surface area contributed by atoms with Gasteiger partial charge in [-0.2, -0.15) is 0 Å². The largest absolute Gasteiger partial charge is 0.492 e. The molecule has 4 nitrogen and oxygen atoms in total. The number of hydrogen-bond acceptors (Lipinski definition) is 4. The van der Waals surface area contributed by atoms with Crippen LogP contribution in [0.15, 0.2) is 23.1 Å². The van der Waals surface area contributed by atoms with Crippen LogP contribution in [0.4, 0.5) is 0 Å². The topological polar surface area (TPSA) is 52.6 Å². The van der Waals surface area contributed by atoms with Crippen LogP contribution >= 0.6 is 0 Å². The van der Waals surface area contributed by atoms with Crippen molar-refractivity contribution in [3.8, 4) is 5.75 Å². The lowest BCUT2D eigenvalue weighted by Gasteiger charge is -2.22. The molecule has 0 atom stereocenters. The van der Waals surface area contributed by atoms with Gasteiger partial charge in [0.2, 0.25) is 0 Å². The molecule has 0 aromatic heterocycles. The highest BCUT2D eigenvalue weighted by molar-refractivity contribution is 7.90. The van der Waals surface area contributed by atoms with E-state index >= 15 is 0 Å². The molecule has 0 unspecified atom stereocenters. The second-order valence-corrected chi connectivity index (χ2v) is 8.50. The van der Waals surface area contributed by atoms with E-state index in [-0.39, 0.29) is 0 Å². The van der Waals surface area contributed by atoms with E-state index in [1.165, 1.54) is 6.26 Å². The molecule has 1 aliphatic heterocycles. The van der Waals surface area contributed by atoms with Crippen LogP contribution < -0.4 is 4.74 Å². The highest BCUT2D eigenvalue weighted by Gasteiger charge is 2.19. The molecule has 0 saturated carbocycles. The maximum Gasteiger partial charge on any atom is 0.179 e. The molecule has 124 valence electrons. The third-order valence-corrected chi connectivity index (χ3v) is 4.98. The Hall–Kier alpha value is -1.07. The highest BCUT2D eigenvalue weighted by Crippen LogP contribution is 2.27. The maximum absolute atomic E-state index is 12.0. The quantitative estimate of drug-likeness (QED) is 0.806. The first-order valence-corrected chi connectivity index (χ1v) is 9.79. The van der Waals surface area contributed by atoms with Crippen molar-refractivity contribution in [3.05, 3.63) is 23.8 Å². The Morgan fingerprint density at radius 2 is 1.95 bits per heavy atom. The summed E-state index contributed by atoms with van der Waals surface area (Å²) in [5, 5.41) is 0. The first-order valence-electron chi connectivity index (χ1n) is 7.90. The Bertz CT molecular complexity index is 587. The van der Waals surface area contributed by atoms with Crippen LogP contribution in [0.3, 0.4) is 0 Å². The summed E-state index contributed by atoms with van der Waals surface area (Å²) in [5.41, 5.74) is 1.04. The number of benzene rings is 1. The fourth-order valence-electron chi connectivity index (χ4n) is 2.68. The molecular weight excluding hydrogens is 300 g/mol. The summed E-state index contributed by atoms with van der Waals surface area (Å²) in [6.07, 6.45) is 4.05. The van der Waals surface area contributed by atoms with Gasteiger partial charge in [-0.15, -0.1) is 0 Å². The SMILES string of the molecule is CC(C)Cc1ccc(OCC2CCOCC2)c(S(C)(=O)=O)c1. The molecule has 5 heteroatoms. The number of rotatable bonds is 6. The van der Waals surface area contributed by atoms with Gasteiger partial charge in [0.1, 0.15) is 10.6 Å². The van der Waals surface area contributed by atoms with E-state index < -0.39 is 9.84 Å². The predicted octanol–water partition coefficient (Wildman–Crippen LogP) is 3.09. The standard InChI is InChI=1S/C17H26O4S/c1-13(2)10-15-4-5-16(17(11-15)22(3,18)19)21-12-14-6-8-20-9-7-14/h4-5,11,13-14H,6-10,12H2,1-3H3. The zero-order chi connectivity index (χ0) is 16.2. The summed E-state index contributed by atoms with van der Waals surface area (Å²) in [7, 11) is -3.29. The number of sulfone groups is 1. The van der Waals surface area contributed by atoms with Crippen molar-refractivity contribution >= 4 is 9.84 Å². The molecule has 2 rings (SSSR count). The van der Waals surface area contributed by atoms with Crippen molar-refractivity contribution in [3.63, 3.8) is 0 Å². The lowest BCUT2D eigenvalue weighted by atomic mass is 10.0. The maximum atomic E-state index is 12.0. The van der Waals surface area contributed by atoms with E-state index in [0.717, 1.165) is 38.0 Å². The Labute approximate surface area is 133 Å². The van der Waals surface area contributed by atoms with E-state index in [2.05, 4.69) is 13.8 Å². The van der Waals surface area contributed by atoms with Gasteiger partial charge in [0.15, 0.2) is 9.84 Å². The van der Waals surface area contributed by atoms with Crippen LogP contribution in [-0.2, 0) is 21.0 Å². The van der Waals surface area contributed by atoms with Crippen LogP contribution in [-0.4, -0.2) is 34.5 Å². The van der Waals surface area contributed by atoms with Crippen LogP contribution in [0.5, 0.6) is 5.75 Å². The van der Waals surface area contributed by atoms with Gasteiger partial charge in [0, 0.05) is 19.5 Å². The normalized spacial score (nSPS) is 16.9. The van der Waals surface area contributed by atoms with Crippen LogP contribution in [0, 0.1) is 11.8 Å². The average molecular weight is 326 g/mol. The van der Waals surface area contributed by atoms with Gasteiger partial charge >= 0.3 is 0 Å². The molecule has 1 aromatic carbocycles. The van der Waals surface area contributed by atoms with E-state index in [0.29, 0.717) is 29.1 Å². The zero-order valence-electron chi connectivity index (χ0n) is 13.7. The van der Waals surface area contributed by atoms with E-state index in [4.69, 9.17) is 9.47 Å². The summed E-state index contributed by atoms with van der Waals surface area (Å²) < 4.78 is 35.2. The smallest absolute Gasteiger partial charge is 0.179 e. The van der Waals surface area contributed by atoms with Crippen molar-refractivity contribution in [1.82, 2.24) is 0 Å². The molecule has 22 heavy (non-hydrogen) atoms. The molecule has 0 spiro atoms. The molecule has 1 aromatic rings. The van der Waals surface area contributed by atoms with Crippen molar-refractivity contribution in [2.75, 3.05) is 26.1 Å². The highest BCUT2D eigenvalue weighted by atomic mass is 32.2. The van der Waals surface area contributed by atoms with Gasteiger partial charge in [-0.3, -0.25) is 0 Å². The Morgan fingerprint density at radius 3 is 2.55 bits per heavy atom. The fourth-order valence-corrected chi connectivity index (χ4v) is 3.54. The summed E-state index contributed by atoms with van der Waals surface area (Å²) >= 11 is 0. The third kappa shape index (κ3) is 4.99. The van der Waals surface area contributed by atoms with Crippen molar-refractivity contribution in [2.24, 2.45) is 11.8 Å². The summed E-state index contributed by atoms with van der Waals surface area (Å²) in [4.78, 5) is 0.303. The number of ether oxygens (including phenoxy) is 2. The molecule has 0 radical (unpaired) electrons. The minimum absolute atomic E-state index is 0.303. The molecule has 1 saturated heterocycles. The van der Waals surface area contributed by atoms with Crippen molar-refractivity contribution < 1.29 is 17.9 Å². The first kappa shape index (κ1) is 17.3. The monoisotopic (exact) mass is 326 g/mol. The lowest BCUT2D eigenvalue weighted by Crippen LogP contribution is -2.22. The first-order chi connectivity index (χ1) is 10.4. The fraction of sp³-hybridized carbons (Fsp3) is 0.647. The Morgan fingerprint density at radius 1 is 1.27 bits per heavy atom. The van der Waals surface area contributed by atoms with E-state index in [1.54, 1.807) is 12.1 Å². The molecule has 1 heterocycles. The Balaban J connectivity index is 2.15. The molecule has 0 aliphatic carbocycles. The van der Waals surface area contributed by atoms with Crippen LogP contribution in [0.1, 0.15) is 32.3 Å². The molecular formula is C17H26O4S. The predicted molar refractivity (Wildman–Crippen MR) is 87.1 cm³/mol. The van der Waals surface area contributed by atoms with Gasteiger partial charge < -0.3 is 9.47 Å². The minimum Gasteiger partial charge on any atom is -0.492 e. The van der Waals surface area contributed by atoms with Gasteiger partial charge in [-0.1, -0.05) is 19.9 Å². The average Bonchev–Trinajstić information content (AvgIpc) is 2.45. The second kappa shape index (κ2) is 7.47. The van der Waals surface area contributed by atoms with E-state index in [9.17, 15) is 8.42 Å². The molecule has 1 aliphatic rings. The third-order valence-electron chi connectivity index (χ3n) is 3.87. The van der Waals surface area contributed by atoms with Crippen molar-refractivity contribution in [2.45, 2.75) is 38.0 Å². The van der Waals surface area contributed by atoms with Crippen LogP contribution in [0.25, 0.3) is 0 Å². The van der Waals surface area contributed by atoms with E-state index in [1.807, 2.05) is 6.07 Å². The lowest BCUT2D eigenvalue weighted by molar-refractivity contribution is 0.0493. The van der Waals surface area contributed by atoms with Gasteiger partial charge in [0.05, 0.1) is 6.61 Å². The Kier molecular flexibility index (Phi) is 5.87. The van der Waals surface area contributed by atoms with Crippen molar-refractivity contribution in [1.29, 1.82) is 0 Å². The number of hydrogen-bond donors (Lipinski definition) is 0. The minimum atomic E-state index is -3.29. The van der Waals surface area contributed by atoms with Crippen LogP contribution in [0.2, 0.25) is 0 Å². The zero-order valence-corrected chi connectivity index (χ0v) is 14.5. The van der Waals surface area contributed by atoms with Gasteiger partial charge in [-0.05, 0) is 48.8 Å². The summed E-state index contributed by atoms with van der Waals surface area (Å²) in [6.45, 7) is 6.32. The van der Waals surface area contributed by atoms with Gasteiger partial charge in [-0.25, -0.2) is 8.42 Å². The molecule has 0 amide bonds. The molecule has 0 N–H and O–H groups in total. The summed E-state index contributed by atoms with van der Waals surface area (Å²) in [6, 6.07) is 5.52. The van der Waals surface area contributed by atoms with Gasteiger partial charge in [0.25, 0.3) is 0 Å². The molecule has 0 bridgehead atoms. The molecule has 1 fully saturated rings.